The fourth-order valence-corrected chi connectivity index (χ4v) is 0.883. The Morgan fingerprint density at radius 1 is 1.38 bits per heavy atom. The molecule has 0 radical (unpaired) electrons. The lowest BCUT2D eigenvalue weighted by atomic mass is 10.2. The van der Waals surface area contributed by atoms with Gasteiger partial charge < -0.3 is 14.6 Å². The summed E-state index contributed by atoms with van der Waals surface area (Å²) in [7, 11) is 1.59. The second kappa shape index (κ2) is 6.63. The first-order chi connectivity index (χ1) is 7.72. The predicted octanol–water partition coefficient (Wildman–Crippen LogP) is 1.81. The van der Waals surface area contributed by atoms with Crippen molar-refractivity contribution in [1.82, 2.24) is 0 Å². The minimum absolute atomic E-state index is 0.757. The van der Waals surface area contributed by atoms with Crippen molar-refractivity contribution < 1.29 is 19.4 Å². The van der Waals surface area contributed by atoms with Gasteiger partial charge in [-0.3, -0.25) is 0 Å². The van der Waals surface area contributed by atoms with Gasteiger partial charge in [0.25, 0.3) is 0 Å². The average Bonchev–Trinajstić information content (AvgIpc) is 3.14. The highest BCUT2D eigenvalue weighted by Crippen LogP contribution is 2.11. The Bertz CT molecular complexity index is 349. The zero-order valence-electron chi connectivity index (χ0n) is 9.05. The van der Waals surface area contributed by atoms with Crippen LogP contribution in [0.2, 0.25) is 0 Å². The minimum atomic E-state index is -0.948. The molecule has 0 aliphatic carbocycles. The lowest BCUT2D eigenvalue weighted by molar-refractivity contribution is -0.131. The van der Waals surface area contributed by atoms with Crippen molar-refractivity contribution >= 4 is 12.0 Å². The number of carboxylic acid groups (broad SMARTS) is 1. The summed E-state index contributed by atoms with van der Waals surface area (Å²) in [6.07, 6.45) is 2.63. The molecule has 1 heterocycles. The number of benzene rings is 1. The number of carbonyl (C=O) groups is 1. The van der Waals surface area contributed by atoms with Gasteiger partial charge in [-0.05, 0) is 23.8 Å². The monoisotopic (exact) mass is 222 g/mol. The number of epoxide rings is 1. The SMILES string of the molecule is C1CO1.COc1ccc(C=CC(=O)O)cc1. The summed E-state index contributed by atoms with van der Waals surface area (Å²) < 4.78 is 9.45. The summed E-state index contributed by atoms with van der Waals surface area (Å²) in [5.74, 6) is -0.191. The van der Waals surface area contributed by atoms with Crippen molar-refractivity contribution in [2.24, 2.45) is 0 Å². The third-order valence-corrected chi connectivity index (χ3v) is 1.74. The number of carboxylic acids is 1. The summed E-state index contributed by atoms with van der Waals surface area (Å²) in [5.41, 5.74) is 0.836. The van der Waals surface area contributed by atoms with Crippen molar-refractivity contribution in [3.63, 3.8) is 0 Å². The first-order valence-electron chi connectivity index (χ1n) is 4.85. The van der Waals surface area contributed by atoms with Crippen LogP contribution in [0.3, 0.4) is 0 Å². The van der Waals surface area contributed by atoms with Gasteiger partial charge in [0.15, 0.2) is 0 Å². The summed E-state index contributed by atoms with van der Waals surface area (Å²) in [4.78, 5) is 10.2. The van der Waals surface area contributed by atoms with Crippen molar-refractivity contribution in [3.8, 4) is 5.75 Å². The van der Waals surface area contributed by atoms with Gasteiger partial charge in [0.2, 0.25) is 0 Å². The summed E-state index contributed by atoms with van der Waals surface area (Å²) in [5, 5.41) is 8.36. The smallest absolute Gasteiger partial charge is 0.328 e. The molecule has 1 aliphatic heterocycles. The molecule has 0 amide bonds. The van der Waals surface area contributed by atoms with Gasteiger partial charge in [-0.15, -0.1) is 0 Å². The number of methoxy groups -OCH3 is 1. The summed E-state index contributed by atoms with van der Waals surface area (Å²) in [6.45, 7) is 2.00. The molecule has 4 heteroatoms. The Morgan fingerprint density at radius 2 is 1.94 bits per heavy atom. The number of ether oxygens (including phenoxy) is 2. The van der Waals surface area contributed by atoms with Crippen molar-refractivity contribution in [2.45, 2.75) is 0 Å². The van der Waals surface area contributed by atoms with E-state index in [4.69, 9.17) is 9.84 Å². The van der Waals surface area contributed by atoms with Crippen LogP contribution in [0.1, 0.15) is 5.56 Å². The molecule has 0 bridgehead atoms. The molecule has 2 rings (SSSR count). The fourth-order valence-electron chi connectivity index (χ4n) is 0.883. The summed E-state index contributed by atoms with van der Waals surface area (Å²) in [6, 6.07) is 7.14. The lowest BCUT2D eigenvalue weighted by Crippen LogP contribution is -1.86. The highest BCUT2D eigenvalue weighted by atomic mass is 16.6. The average molecular weight is 222 g/mol. The lowest BCUT2D eigenvalue weighted by Gasteiger charge is -1.98. The number of hydrogen-bond donors (Lipinski definition) is 1. The predicted molar refractivity (Wildman–Crippen MR) is 60.5 cm³/mol. The Kier molecular flexibility index (Phi) is 5.08. The van der Waals surface area contributed by atoms with E-state index in [1.165, 1.54) is 6.08 Å². The molecular formula is C12H14O4. The molecule has 0 saturated carbocycles. The second-order valence-electron chi connectivity index (χ2n) is 3.06. The highest BCUT2D eigenvalue weighted by Gasteiger charge is 1.94. The van der Waals surface area contributed by atoms with E-state index in [0.29, 0.717) is 0 Å². The van der Waals surface area contributed by atoms with E-state index < -0.39 is 5.97 Å². The van der Waals surface area contributed by atoms with Crippen molar-refractivity contribution in [2.75, 3.05) is 20.3 Å². The van der Waals surface area contributed by atoms with Gasteiger partial charge in [0, 0.05) is 6.08 Å². The highest BCUT2D eigenvalue weighted by molar-refractivity contribution is 5.85. The van der Waals surface area contributed by atoms with Gasteiger partial charge >= 0.3 is 5.97 Å². The molecule has 4 nitrogen and oxygen atoms in total. The number of aliphatic carboxylic acids is 1. The first-order valence-corrected chi connectivity index (χ1v) is 4.85. The van der Waals surface area contributed by atoms with Crippen molar-refractivity contribution in [3.05, 3.63) is 35.9 Å². The van der Waals surface area contributed by atoms with Gasteiger partial charge in [-0.25, -0.2) is 4.79 Å². The zero-order valence-corrected chi connectivity index (χ0v) is 9.05. The van der Waals surface area contributed by atoms with Crippen LogP contribution in [-0.2, 0) is 9.53 Å². The molecular weight excluding hydrogens is 208 g/mol. The molecule has 16 heavy (non-hydrogen) atoms. The summed E-state index contributed by atoms with van der Waals surface area (Å²) >= 11 is 0. The van der Waals surface area contributed by atoms with E-state index in [0.717, 1.165) is 30.6 Å². The third kappa shape index (κ3) is 5.82. The maximum absolute atomic E-state index is 10.2. The maximum atomic E-state index is 10.2. The fraction of sp³-hybridized carbons (Fsp3) is 0.250. The Labute approximate surface area is 94.1 Å². The van der Waals surface area contributed by atoms with Crippen LogP contribution in [0.25, 0.3) is 6.08 Å². The van der Waals surface area contributed by atoms with Gasteiger partial charge in [-0.1, -0.05) is 12.1 Å². The molecule has 0 spiro atoms. The normalized spacial score (nSPS) is 12.8. The van der Waals surface area contributed by atoms with Crippen LogP contribution in [-0.4, -0.2) is 31.4 Å². The van der Waals surface area contributed by atoms with E-state index in [1.54, 1.807) is 31.4 Å². The van der Waals surface area contributed by atoms with E-state index in [-0.39, 0.29) is 0 Å². The molecule has 1 saturated heterocycles. The molecule has 1 aromatic carbocycles. The largest absolute Gasteiger partial charge is 0.497 e. The molecule has 0 atom stereocenters. The van der Waals surface area contributed by atoms with Crippen LogP contribution in [0.5, 0.6) is 5.75 Å². The van der Waals surface area contributed by atoms with Crippen LogP contribution in [0.4, 0.5) is 0 Å². The van der Waals surface area contributed by atoms with Gasteiger partial charge in [0.05, 0.1) is 20.3 Å². The topological polar surface area (TPSA) is 59.1 Å². The number of rotatable bonds is 3. The van der Waals surface area contributed by atoms with E-state index in [9.17, 15) is 4.79 Å². The molecule has 1 aromatic rings. The quantitative estimate of drug-likeness (QED) is 0.626. The second-order valence-corrected chi connectivity index (χ2v) is 3.06. The van der Waals surface area contributed by atoms with Crippen molar-refractivity contribution in [1.29, 1.82) is 0 Å². The third-order valence-electron chi connectivity index (χ3n) is 1.74. The minimum Gasteiger partial charge on any atom is -0.497 e. The Balaban J connectivity index is 0.000000365. The number of hydrogen-bond acceptors (Lipinski definition) is 3. The zero-order chi connectivity index (χ0) is 11.8. The molecule has 86 valence electrons. The van der Waals surface area contributed by atoms with Gasteiger partial charge in [-0.2, -0.15) is 0 Å². The molecule has 0 aromatic heterocycles. The Hall–Kier alpha value is -1.81. The molecule has 1 fully saturated rings. The molecule has 0 unspecified atom stereocenters. The molecule has 1 N–H and O–H groups in total. The van der Waals surface area contributed by atoms with E-state index in [1.807, 2.05) is 0 Å². The van der Waals surface area contributed by atoms with Crippen LogP contribution < -0.4 is 4.74 Å². The van der Waals surface area contributed by atoms with Gasteiger partial charge in [0.1, 0.15) is 5.75 Å². The maximum Gasteiger partial charge on any atom is 0.328 e. The standard InChI is InChI=1S/C10H10O3.C2H4O/c1-13-9-5-2-8(3-6-9)4-7-10(11)12;1-2-3-1/h2-7H,1H3,(H,11,12);1-2H2. The van der Waals surface area contributed by atoms with Crippen LogP contribution in [0, 0.1) is 0 Å². The van der Waals surface area contributed by atoms with Crippen LogP contribution in [0.15, 0.2) is 30.3 Å². The first kappa shape index (κ1) is 12.3. The van der Waals surface area contributed by atoms with Crippen LogP contribution >= 0.6 is 0 Å². The molecule has 1 aliphatic rings. The van der Waals surface area contributed by atoms with E-state index in [2.05, 4.69) is 4.74 Å². The van der Waals surface area contributed by atoms with E-state index >= 15 is 0 Å². The Morgan fingerprint density at radius 3 is 2.31 bits per heavy atom.